The lowest BCUT2D eigenvalue weighted by Crippen LogP contribution is -2.52. The summed E-state index contributed by atoms with van der Waals surface area (Å²) in [4.78, 5) is 39.6. The molecule has 4 rings (SSSR count). The Morgan fingerprint density at radius 3 is 2.62 bits per heavy atom. The number of likely N-dealkylation sites (tertiary alicyclic amines) is 1. The van der Waals surface area contributed by atoms with Gasteiger partial charge in [0.2, 0.25) is 5.91 Å². The highest BCUT2D eigenvalue weighted by Gasteiger charge is 2.48. The van der Waals surface area contributed by atoms with Crippen LogP contribution in [0.25, 0.3) is 0 Å². The van der Waals surface area contributed by atoms with Crippen molar-refractivity contribution in [3.8, 4) is 0 Å². The highest BCUT2D eigenvalue weighted by atomic mass is 32.1. The molecule has 0 bridgehead atoms. The molecule has 1 N–H and O–H groups in total. The molecule has 3 aliphatic rings. The Morgan fingerprint density at radius 1 is 1.24 bits per heavy atom. The average Bonchev–Trinajstić information content (AvgIpc) is 3.41. The Kier molecular flexibility index (Phi) is 10.2. The Hall–Kier alpha value is -1.03. The van der Waals surface area contributed by atoms with Gasteiger partial charge in [0.05, 0.1) is 11.7 Å². The molecule has 2 aliphatic heterocycles. The minimum Gasteiger partial charge on any atom is -0.368 e. The summed E-state index contributed by atoms with van der Waals surface area (Å²) in [5.74, 6) is 0.0875. The molecule has 3 atom stereocenters. The normalized spacial score (nSPS) is 24.1. The quantitative estimate of drug-likeness (QED) is 0.733. The predicted molar refractivity (Wildman–Crippen MR) is 125 cm³/mol. The zero-order chi connectivity index (χ0) is 18.1. The Morgan fingerprint density at radius 2 is 1.97 bits per heavy atom. The molecule has 1 aromatic heterocycles. The Labute approximate surface area is 190 Å². The maximum Gasteiger partial charge on any atom is 0.252 e. The number of nitrogens with one attached hydrogen (secondary N) is 1. The molecule has 0 aromatic carbocycles. The Balaban J connectivity index is 0.00000140. The van der Waals surface area contributed by atoms with Gasteiger partial charge >= 0.3 is 0 Å². The van der Waals surface area contributed by atoms with Crippen LogP contribution < -0.4 is 5.32 Å². The molecule has 29 heavy (non-hydrogen) atoms. The molecular weight excluding hydrogens is 428 g/mol. The van der Waals surface area contributed by atoms with E-state index in [0.29, 0.717) is 30.9 Å². The fourth-order valence-electron chi connectivity index (χ4n) is 4.48. The number of carbonyl (C=O) groups excluding carboxylic acids is 3. The first kappa shape index (κ1) is 26.0. The average molecular weight is 461 g/mol. The molecule has 0 radical (unpaired) electrons. The van der Waals surface area contributed by atoms with Crippen molar-refractivity contribution in [2.24, 2.45) is 5.92 Å². The van der Waals surface area contributed by atoms with Crippen LogP contribution in [0.15, 0.2) is 16.8 Å². The lowest BCUT2D eigenvalue weighted by atomic mass is 9.96. The molecular formula is C20H32N2O4S3. The van der Waals surface area contributed by atoms with E-state index in [4.69, 9.17) is 4.74 Å². The van der Waals surface area contributed by atoms with Crippen molar-refractivity contribution in [1.29, 1.82) is 0 Å². The molecule has 9 heteroatoms. The summed E-state index contributed by atoms with van der Waals surface area (Å²) >= 11 is 1.46. The second-order valence-corrected chi connectivity index (χ2v) is 8.29. The van der Waals surface area contributed by atoms with Crippen LogP contribution in [0, 0.1) is 5.92 Å². The second-order valence-electron chi connectivity index (χ2n) is 7.51. The molecule has 0 unspecified atom stereocenters. The lowest BCUT2D eigenvalue weighted by molar-refractivity contribution is -0.138. The van der Waals surface area contributed by atoms with Gasteiger partial charge in [-0.25, -0.2) is 0 Å². The second kappa shape index (κ2) is 11.4. The topological polar surface area (TPSA) is 75.7 Å². The van der Waals surface area contributed by atoms with Gasteiger partial charge in [-0.3, -0.25) is 14.4 Å². The van der Waals surface area contributed by atoms with Crippen LogP contribution in [0.2, 0.25) is 0 Å². The monoisotopic (exact) mass is 460 g/mol. The largest absolute Gasteiger partial charge is 0.368 e. The van der Waals surface area contributed by atoms with E-state index in [1.807, 2.05) is 5.38 Å². The van der Waals surface area contributed by atoms with Crippen LogP contribution in [0.5, 0.6) is 0 Å². The van der Waals surface area contributed by atoms with Crippen molar-refractivity contribution < 1.29 is 19.1 Å². The van der Waals surface area contributed by atoms with E-state index in [-0.39, 0.29) is 64.7 Å². The fraction of sp³-hybridized carbons (Fsp3) is 0.650. The fourth-order valence-corrected chi connectivity index (χ4v) is 5.11. The van der Waals surface area contributed by atoms with Crippen molar-refractivity contribution >= 4 is 55.9 Å². The first-order chi connectivity index (χ1) is 12.6. The van der Waals surface area contributed by atoms with Gasteiger partial charge in [-0.15, -0.1) is 0 Å². The third kappa shape index (κ3) is 5.57. The van der Waals surface area contributed by atoms with Crippen molar-refractivity contribution in [3.63, 3.8) is 0 Å². The third-order valence-electron chi connectivity index (χ3n) is 5.83. The molecule has 3 heterocycles. The SMILES string of the molecule is C.O=C(N[C@@H](CC1CCCC1)C(=O)N1CC[C@H]2OCC(=O)[C@H]21)c1ccsc1.S.S. The summed E-state index contributed by atoms with van der Waals surface area (Å²) in [6.45, 7) is 0.614. The van der Waals surface area contributed by atoms with Crippen LogP contribution in [0.4, 0.5) is 0 Å². The van der Waals surface area contributed by atoms with Gasteiger partial charge in [-0.1, -0.05) is 33.1 Å². The van der Waals surface area contributed by atoms with E-state index in [1.165, 1.54) is 24.2 Å². The summed E-state index contributed by atoms with van der Waals surface area (Å²) in [6.07, 6.45) is 5.74. The van der Waals surface area contributed by atoms with Gasteiger partial charge in [-0.2, -0.15) is 38.3 Å². The number of amides is 2. The van der Waals surface area contributed by atoms with Crippen LogP contribution in [0.3, 0.4) is 0 Å². The standard InChI is InChI=1S/C19H24N2O4S.CH4.2H2S/c22-15-10-25-16-5-7-21(17(15)16)19(24)14(9-12-3-1-2-4-12)20-18(23)13-6-8-26-11-13;;;/h6,8,11-12,14,16-17H,1-5,7,9-10H2,(H,20,23);1H4;2*1H2/t14-,16+,17+;;;/m0.../s1. The van der Waals surface area contributed by atoms with Gasteiger partial charge in [0.25, 0.3) is 5.91 Å². The minimum atomic E-state index is -0.572. The van der Waals surface area contributed by atoms with Gasteiger partial charge < -0.3 is 15.0 Å². The predicted octanol–water partition coefficient (Wildman–Crippen LogP) is 2.86. The number of Topliss-reactive ketones (excluding diaryl/α,β-unsaturated/α-hetero) is 1. The highest BCUT2D eigenvalue weighted by molar-refractivity contribution is 7.59. The minimum absolute atomic E-state index is 0. The molecule has 1 aliphatic carbocycles. The first-order valence-corrected chi connectivity index (χ1v) is 10.4. The van der Waals surface area contributed by atoms with E-state index in [2.05, 4.69) is 5.32 Å². The number of ether oxygens (including phenoxy) is 1. The van der Waals surface area contributed by atoms with E-state index >= 15 is 0 Å². The number of thiophene rings is 1. The van der Waals surface area contributed by atoms with Crippen molar-refractivity contribution in [2.45, 2.75) is 64.1 Å². The number of fused-ring (bicyclic) bond motifs is 1. The van der Waals surface area contributed by atoms with Crippen LogP contribution >= 0.6 is 38.3 Å². The molecule has 3 fully saturated rings. The van der Waals surface area contributed by atoms with E-state index in [9.17, 15) is 14.4 Å². The summed E-state index contributed by atoms with van der Waals surface area (Å²) in [5, 5.41) is 6.58. The summed E-state index contributed by atoms with van der Waals surface area (Å²) < 4.78 is 5.49. The zero-order valence-electron chi connectivity index (χ0n) is 15.7. The number of carbonyl (C=O) groups is 3. The van der Waals surface area contributed by atoms with Crippen molar-refractivity contribution in [2.75, 3.05) is 13.2 Å². The van der Waals surface area contributed by atoms with Gasteiger partial charge in [-0.05, 0) is 30.2 Å². The number of hydrogen-bond acceptors (Lipinski definition) is 5. The lowest BCUT2D eigenvalue weighted by Gasteiger charge is -2.29. The van der Waals surface area contributed by atoms with Crippen molar-refractivity contribution in [1.82, 2.24) is 10.2 Å². The van der Waals surface area contributed by atoms with Crippen LogP contribution in [-0.4, -0.2) is 53.8 Å². The highest BCUT2D eigenvalue weighted by Crippen LogP contribution is 2.31. The summed E-state index contributed by atoms with van der Waals surface area (Å²) in [7, 11) is 0. The van der Waals surface area contributed by atoms with Gasteiger partial charge in [0, 0.05) is 11.9 Å². The molecule has 0 spiro atoms. The molecule has 164 valence electrons. The Bertz CT molecular complexity index is 692. The number of nitrogens with zero attached hydrogens (tertiary/aromatic N) is 1. The van der Waals surface area contributed by atoms with Crippen molar-refractivity contribution in [3.05, 3.63) is 22.4 Å². The zero-order valence-corrected chi connectivity index (χ0v) is 18.5. The number of hydrogen-bond donors (Lipinski definition) is 1. The van der Waals surface area contributed by atoms with E-state index in [0.717, 1.165) is 12.8 Å². The molecule has 1 aromatic rings. The van der Waals surface area contributed by atoms with Gasteiger partial charge in [0.15, 0.2) is 5.78 Å². The maximum absolute atomic E-state index is 13.2. The van der Waals surface area contributed by atoms with E-state index < -0.39 is 12.1 Å². The maximum atomic E-state index is 13.2. The van der Waals surface area contributed by atoms with E-state index in [1.54, 1.807) is 16.3 Å². The molecule has 2 saturated heterocycles. The smallest absolute Gasteiger partial charge is 0.252 e. The van der Waals surface area contributed by atoms with Crippen LogP contribution in [0.1, 0.15) is 56.3 Å². The summed E-state index contributed by atoms with van der Waals surface area (Å²) in [5.41, 5.74) is 0.582. The molecule has 1 saturated carbocycles. The van der Waals surface area contributed by atoms with Crippen LogP contribution in [-0.2, 0) is 14.3 Å². The summed E-state index contributed by atoms with van der Waals surface area (Å²) in [6, 6.07) is 0.724. The molecule has 6 nitrogen and oxygen atoms in total. The number of ketones is 1. The molecule has 2 amide bonds. The first-order valence-electron chi connectivity index (χ1n) is 9.41. The third-order valence-corrected chi connectivity index (χ3v) is 6.51. The van der Waals surface area contributed by atoms with Gasteiger partial charge in [0.1, 0.15) is 18.7 Å². The number of rotatable bonds is 5.